The molecule has 0 bridgehead atoms. The van der Waals surface area contributed by atoms with E-state index < -0.39 is 37.2 Å². The normalized spacial score (nSPS) is 12.2. The molecule has 3 aromatic rings. The fourth-order valence-electron chi connectivity index (χ4n) is 3.19. The Morgan fingerprint density at radius 1 is 1.12 bits per heavy atom. The highest BCUT2D eigenvalue weighted by molar-refractivity contribution is 7.89. The topological polar surface area (TPSA) is 99.5 Å². The number of halogens is 4. The maximum Gasteiger partial charge on any atom is 0.416 e. The Bertz CT molecular complexity index is 1370. The molecule has 8 nitrogen and oxygen atoms in total. The number of hydrogen-bond donors (Lipinski definition) is 1. The molecule has 1 aromatic heterocycles. The summed E-state index contributed by atoms with van der Waals surface area (Å²) in [5, 5.41) is -0.328. The third-order valence-corrected chi connectivity index (χ3v) is 6.77. The fraction of sp³-hybridized carbons (Fsp3) is 0.300. The Labute approximate surface area is 192 Å². The Kier molecular flexibility index (Phi) is 6.91. The van der Waals surface area contributed by atoms with Crippen molar-refractivity contribution in [3.63, 3.8) is 0 Å². The molecule has 0 aliphatic rings. The summed E-state index contributed by atoms with van der Waals surface area (Å²) < 4.78 is 77.3. The van der Waals surface area contributed by atoms with Gasteiger partial charge in [0.1, 0.15) is 10.7 Å². The first-order chi connectivity index (χ1) is 15.4. The van der Waals surface area contributed by atoms with Gasteiger partial charge in [-0.25, -0.2) is 18.1 Å². The van der Waals surface area contributed by atoms with E-state index in [1.54, 1.807) is 13.0 Å². The fourth-order valence-corrected chi connectivity index (χ4v) is 4.75. The molecule has 0 spiro atoms. The van der Waals surface area contributed by atoms with Crippen LogP contribution in [0.25, 0.3) is 10.9 Å². The third kappa shape index (κ3) is 5.07. The van der Waals surface area contributed by atoms with Crippen LogP contribution in [-0.4, -0.2) is 38.7 Å². The molecule has 1 heterocycles. The first kappa shape index (κ1) is 24.8. The summed E-state index contributed by atoms with van der Waals surface area (Å²) >= 11 is 5.78. The molecular weight excluding hydrogens is 487 g/mol. The average Bonchev–Trinajstić information content (AvgIpc) is 2.74. The molecule has 3 rings (SSSR count). The zero-order valence-electron chi connectivity index (χ0n) is 17.7. The Balaban J connectivity index is 1.85. The second-order valence-electron chi connectivity index (χ2n) is 6.88. The highest BCUT2D eigenvalue weighted by Crippen LogP contribution is 2.33. The molecule has 0 saturated heterocycles. The van der Waals surface area contributed by atoms with Crippen molar-refractivity contribution in [3.05, 3.63) is 57.1 Å². The summed E-state index contributed by atoms with van der Waals surface area (Å²) in [6.07, 6.45) is -4.66. The lowest BCUT2D eigenvalue weighted by Gasteiger charge is -2.14. The van der Waals surface area contributed by atoms with Crippen LogP contribution in [0, 0.1) is 6.92 Å². The zero-order valence-corrected chi connectivity index (χ0v) is 19.2. The van der Waals surface area contributed by atoms with Gasteiger partial charge in [0.15, 0.2) is 11.5 Å². The van der Waals surface area contributed by atoms with Crippen molar-refractivity contribution in [3.8, 4) is 11.5 Å². The van der Waals surface area contributed by atoms with Gasteiger partial charge in [0, 0.05) is 19.2 Å². The predicted molar refractivity (Wildman–Crippen MR) is 115 cm³/mol. The lowest BCUT2D eigenvalue weighted by Crippen LogP contribution is -2.32. The van der Waals surface area contributed by atoms with E-state index in [0.717, 1.165) is 6.07 Å². The third-order valence-electron chi connectivity index (χ3n) is 4.83. The number of alkyl halides is 3. The van der Waals surface area contributed by atoms with Gasteiger partial charge in [0.25, 0.3) is 5.56 Å². The van der Waals surface area contributed by atoms with Gasteiger partial charge in [-0.15, -0.1) is 0 Å². The van der Waals surface area contributed by atoms with Gasteiger partial charge in [0.2, 0.25) is 10.0 Å². The number of ether oxygens (including phenoxy) is 2. The van der Waals surface area contributed by atoms with E-state index in [1.165, 1.54) is 24.9 Å². The highest BCUT2D eigenvalue weighted by atomic mass is 35.5. The van der Waals surface area contributed by atoms with Gasteiger partial charge in [-0.2, -0.15) is 13.2 Å². The molecule has 0 amide bonds. The van der Waals surface area contributed by atoms with E-state index in [4.69, 9.17) is 21.1 Å². The van der Waals surface area contributed by atoms with Gasteiger partial charge in [-0.1, -0.05) is 11.6 Å². The summed E-state index contributed by atoms with van der Waals surface area (Å²) in [4.78, 5) is 16.8. The molecule has 2 aromatic carbocycles. The van der Waals surface area contributed by atoms with Gasteiger partial charge in [-0.3, -0.25) is 9.36 Å². The Morgan fingerprint density at radius 2 is 1.76 bits per heavy atom. The minimum atomic E-state index is -4.66. The van der Waals surface area contributed by atoms with Crippen LogP contribution in [0.4, 0.5) is 13.2 Å². The molecule has 0 saturated carbocycles. The lowest BCUT2D eigenvalue weighted by atomic mass is 10.2. The van der Waals surface area contributed by atoms with Gasteiger partial charge >= 0.3 is 6.18 Å². The minimum absolute atomic E-state index is 0.0839. The van der Waals surface area contributed by atoms with E-state index in [9.17, 15) is 26.4 Å². The van der Waals surface area contributed by atoms with Crippen LogP contribution in [-0.2, 0) is 22.7 Å². The number of aryl methyl sites for hydroxylation is 1. The van der Waals surface area contributed by atoms with Crippen molar-refractivity contribution in [1.82, 2.24) is 14.3 Å². The monoisotopic (exact) mass is 505 g/mol. The molecule has 178 valence electrons. The maximum atomic E-state index is 12.9. The zero-order chi connectivity index (χ0) is 24.6. The quantitative estimate of drug-likeness (QED) is 0.528. The Morgan fingerprint density at radius 3 is 2.33 bits per heavy atom. The molecular formula is C20H19ClF3N3O5S. The SMILES string of the molecule is COc1cc2nc(C)n(CCNS(=O)(=O)c3ccc(C(F)(F)F)cc3Cl)c(=O)c2cc1OC. The van der Waals surface area contributed by atoms with Gasteiger partial charge in [0.05, 0.1) is 35.7 Å². The molecule has 0 aliphatic heterocycles. The van der Waals surface area contributed by atoms with Crippen LogP contribution in [0.2, 0.25) is 5.02 Å². The number of hydrogen-bond acceptors (Lipinski definition) is 6. The number of nitrogens with one attached hydrogen (secondary N) is 1. The second kappa shape index (κ2) is 9.20. The second-order valence-corrected chi connectivity index (χ2v) is 9.02. The maximum absolute atomic E-state index is 12.9. The van der Waals surface area contributed by atoms with Crippen LogP contribution < -0.4 is 19.8 Å². The van der Waals surface area contributed by atoms with Gasteiger partial charge in [-0.05, 0) is 31.2 Å². The number of aromatic nitrogens is 2. The average molecular weight is 506 g/mol. The predicted octanol–water partition coefficient (Wildman–Crippen LogP) is 3.37. The van der Waals surface area contributed by atoms with Crippen LogP contribution in [0.5, 0.6) is 11.5 Å². The van der Waals surface area contributed by atoms with Crippen molar-refractivity contribution >= 4 is 32.5 Å². The summed E-state index contributed by atoms with van der Waals surface area (Å²) in [6, 6.07) is 4.99. The van der Waals surface area contributed by atoms with E-state index >= 15 is 0 Å². The molecule has 0 radical (unpaired) electrons. The van der Waals surface area contributed by atoms with Gasteiger partial charge < -0.3 is 9.47 Å². The summed E-state index contributed by atoms with van der Waals surface area (Å²) in [6.45, 7) is 1.26. The number of fused-ring (bicyclic) bond motifs is 1. The van der Waals surface area contributed by atoms with Crippen LogP contribution in [0.1, 0.15) is 11.4 Å². The van der Waals surface area contributed by atoms with Crippen molar-refractivity contribution < 1.29 is 31.1 Å². The summed E-state index contributed by atoms with van der Waals surface area (Å²) in [5.41, 5.74) is -1.11. The number of rotatable bonds is 7. The van der Waals surface area contributed by atoms with E-state index in [0.29, 0.717) is 35.0 Å². The van der Waals surface area contributed by atoms with E-state index in [1.807, 2.05) is 0 Å². The van der Waals surface area contributed by atoms with Crippen molar-refractivity contribution in [2.24, 2.45) is 0 Å². The highest BCUT2D eigenvalue weighted by Gasteiger charge is 2.32. The van der Waals surface area contributed by atoms with Crippen molar-refractivity contribution in [1.29, 1.82) is 0 Å². The van der Waals surface area contributed by atoms with Crippen molar-refractivity contribution in [2.45, 2.75) is 24.5 Å². The standard InChI is InChI=1S/C20H19ClF3N3O5S/c1-11-26-15-10-17(32-3)16(31-2)9-13(15)19(28)27(11)7-6-25-33(29,30)18-5-4-12(8-14(18)21)20(22,23)24/h4-5,8-10,25H,6-7H2,1-3H3. The molecule has 0 unspecified atom stereocenters. The first-order valence-corrected chi connectivity index (χ1v) is 11.2. The number of sulfonamides is 1. The number of benzene rings is 2. The molecule has 13 heteroatoms. The van der Waals surface area contributed by atoms with E-state index in [2.05, 4.69) is 9.71 Å². The number of nitrogens with zero attached hydrogens (tertiary/aromatic N) is 2. The van der Waals surface area contributed by atoms with E-state index in [-0.39, 0.29) is 18.5 Å². The Hall–Kier alpha value is -2.83. The molecule has 1 N–H and O–H groups in total. The van der Waals surface area contributed by atoms with Crippen LogP contribution in [0.3, 0.4) is 0 Å². The lowest BCUT2D eigenvalue weighted by molar-refractivity contribution is -0.137. The minimum Gasteiger partial charge on any atom is -0.493 e. The van der Waals surface area contributed by atoms with Crippen molar-refractivity contribution in [2.75, 3.05) is 20.8 Å². The molecule has 33 heavy (non-hydrogen) atoms. The van der Waals surface area contributed by atoms with Crippen LogP contribution in [0.15, 0.2) is 40.0 Å². The smallest absolute Gasteiger partial charge is 0.416 e. The van der Waals surface area contributed by atoms with Crippen LogP contribution >= 0.6 is 11.6 Å². The summed E-state index contributed by atoms with van der Waals surface area (Å²) in [5.74, 6) is 1.05. The largest absolute Gasteiger partial charge is 0.493 e. The molecule has 0 fully saturated rings. The molecule has 0 atom stereocenters. The summed E-state index contributed by atoms with van der Waals surface area (Å²) in [7, 11) is -1.36. The number of methoxy groups -OCH3 is 2. The first-order valence-electron chi connectivity index (χ1n) is 9.38. The molecule has 0 aliphatic carbocycles.